The molecule has 0 radical (unpaired) electrons. The second-order valence-electron chi connectivity index (χ2n) is 2.31. The molecule has 0 saturated carbocycles. The predicted molar refractivity (Wildman–Crippen MR) is 48.6 cm³/mol. The minimum atomic E-state index is 0.291. The molecule has 0 amide bonds. The molecule has 0 spiro atoms. The van der Waals surface area contributed by atoms with Crippen LogP contribution in [0.5, 0.6) is 0 Å². The second kappa shape index (κ2) is 4.42. The van der Waals surface area contributed by atoms with Crippen LogP contribution in [-0.2, 0) is 11.3 Å². The van der Waals surface area contributed by atoms with Crippen molar-refractivity contribution in [3.8, 4) is 0 Å². The van der Waals surface area contributed by atoms with Gasteiger partial charge in [0.2, 0.25) is 5.95 Å². The minimum absolute atomic E-state index is 0.291. The van der Waals surface area contributed by atoms with Gasteiger partial charge in [0.1, 0.15) is 0 Å². The monoisotopic (exact) mass is 234 g/mol. The van der Waals surface area contributed by atoms with E-state index in [4.69, 9.17) is 10.5 Å². The summed E-state index contributed by atoms with van der Waals surface area (Å²) in [5.74, 6) is 0.291. The summed E-state index contributed by atoms with van der Waals surface area (Å²) in [5.41, 5.74) is 5.38. The average Bonchev–Trinajstić information content (AvgIpc) is 2.31. The van der Waals surface area contributed by atoms with E-state index in [9.17, 15) is 0 Å². The largest absolute Gasteiger partial charge is 0.385 e. The number of methoxy groups -OCH3 is 1. The second-order valence-corrected chi connectivity index (χ2v) is 3.02. The first-order chi connectivity index (χ1) is 5.74. The van der Waals surface area contributed by atoms with Gasteiger partial charge in [0, 0.05) is 20.3 Å². The number of ether oxygens (including phenoxy) is 1. The highest BCUT2D eigenvalue weighted by Gasteiger charge is 2.02. The summed E-state index contributed by atoms with van der Waals surface area (Å²) in [4.78, 5) is 3.90. The van der Waals surface area contributed by atoms with E-state index in [1.54, 1.807) is 11.8 Å². The van der Waals surface area contributed by atoms with Crippen LogP contribution in [0.1, 0.15) is 6.42 Å². The fourth-order valence-corrected chi connectivity index (χ4v) is 1.28. The Hall–Kier alpha value is -0.620. The molecule has 0 aliphatic carbocycles. The van der Waals surface area contributed by atoms with Gasteiger partial charge >= 0.3 is 0 Å². The zero-order valence-corrected chi connectivity index (χ0v) is 8.41. The molecule has 5 nitrogen and oxygen atoms in total. The minimum Gasteiger partial charge on any atom is -0.385 e. The molecule has 68 valence electrons. The number of nitrogens with zero attached hydrogens (tertiary/aromatic N) is 3. The molecule has 1 rings (SSSR count). The van der Waals surface area contributed by atoms with Gasteiger partial charge in [-0.2, -0.15) is 4.98 Å². The summed E-state index contributed by atoms with van der Waals surface area (Å²) in [6, 6.07) is 0. The van der Waals surface area contributed by atoms with Gasteiger partial charge in [0.05, 0.1) is 0 Å². The van der Waals surface area contributed by atoms with Gasteiger partial charge in [0.25, 0.3) is 0 Å². The molecule has 12 heavy (non-hydrogen) atoms. The normalized spacial score (nSPS) is 10.5. The molecule has 0 aromatic carbocycles. The summed E-state index contributed by atoms with van der Waals surface area (Å²) < 4.78 is 7.27. The van der Waals surface area contributed by atoms with Crippen molar-refractivity contribution in [1.29, 1.82) is 0 Å². The van der Waals surface area contributed by atoms with E-state index in [1.807, 2.05) is 0 Å². The molecule has 1 aromatic rings. The Kier molecular flexibility index (Phi) is 3.48. The van der Waals surface area contributed by atoms with Gasteiger partial charge in [-0.15, -0.1) is 5.10 Å². The first kappa shape index (κ1) is 9.47. The molecule has 1 heterocycles. The molecular formula is C6H11BrN4O. The SMILES string of the molecule is COCCCn1nc(N)nc1Br. The lowest BCUT2D eigenvalue weighted by Crippen LogP contribution is -2.03. The van der Waals surface area contributed by atoms with Crippen molar-refractivity contribution in [1.82, 2.24) is 14.8 Å². The molecule has 0 fully saturated rings. The number of hydrogen-bond acceptors (Lipinski definition) is 4. The summed E-state index contributed by atoms with van der Waals surface area (Å²) in [6.45, 7) is 1.48. The molecule has 0 aliphatic rings. The smallest absolute Gasteiger partial charge is 0.240 e. The maximum absolute atomic E-state index is 5.38. The number of anilines is 1. The van der Waals surface area contributed by atoms with E-state index in [2.05, 4.69) is 26.0 Å². The van der Waals surface area contributed by atoms with E-state index in [-0.39, 0.29) is 0 Å². The quantitative estimate of drug-likeness (QED) is 0.778. The van der Waals surface area contributed by atoms with Crippen LogP contribution in [0.25, 0.3) is 0 Å². The first-order valence-electron chi connectivity index (χ1n) is 3.59. The van der Waals surface area contributed by atoms with Crippen LogP contribution in [0, 0.1) is 0 Å². The van der Waals surface area contributed by atoms with E-state index >= 15 is 0 Å². The van der Waals surface area contributed by atoms with Crippen LogP contribution in [-0.4, -0.2) is 28.5 Å². The van der Waals surface area contributed by atoms with Crippen molar-refractivity contribution in [3.05, 3.63) is 4.73 Å². The summed E-state index contributed by atoms with van der Waals surface area (Å²) in [7, 11) is 1.67. The summed E-state index contributed by atoms with van der Waals surface area (Å²) >= 11 is 3.24. The Labute approximate surface area is 79.0 Å². The van der Waals surface area contributed by atoms with E-state index in [0.29, 0.717) is 17.3 Å². The number of aromatic nitrogens is 3. The molecule has 0 aliphatic heterocycles. The van der Waals surface area contributed by atoms with E-state index < -0.39 is 0 Å². The number of halogens is 1. The standard InChI is InChI=1S/C6H11BrN4O/c1-12-4-2-3-11-5(7)9-6(8)10-11/h2-4H2,1H3,(H2,8,10). The Morgan fingerprint density at radius 2 is 2.42 bits per heavy atom. The first-order valence-corrected chi connectivity index (χ1v) is 4.38. The van der Waals surface area contributed by atoms with Crippen LogP contribution in [0.4, 0.5) is 5.95 Å². The van der Waals surface area contributed by atoms with Gasteiger partial charge in [-0.05, 0) is 22.4 Å². The molecule has 0 atom stereocenters. The van der Waals surface area contributed by atoms with Crippen molar-refractivity contribution in [2.45, 2.75) is 13.0 Å². The molecular weight excluding hydrogens is 224 g/mol. The van der Waals surface area contributed by atoms with Crippen molar-refractivity contribution in [2.75, 3.05) is 19.5 Å². The lowest BCUT2D eigenvalue weighted by atomic mass is 10.5. The lowest BCUT2D eigenvalue weighted by Gasteiger charge is -1.99. The van der Waals surface area contributed by atoms with Gasteiger partial charge in [-0.25, -0.2) is 4.68 Å². The molecule has 0 bridgehead atoms. The summed E-state index contributed by atoms with van der Waals surface area (Å²) in [5, 5.41) is 3.96. The van der Waals surface area contributed by atoms with E-state index in [0.717, 1.165) is 13.0 Å². The maximum Gasteiger partial charge on any atom is 0.240 e. The van der Waals surface area contributed by atoms with Crippen LogP contribution in [0.3, 0.4) is 0 Å². The topological polar surface area (TPSA) is 66.0 Å². The van der Waals surface area contributed by atoms with Crippen LogP contribution < -0.4 is 5.73 Å². The Morgan fingerprint density at radius 3 is 2.92 bits per heavy atom. The molecule has 6 heteroatoms. The number of hydrogen-bond donors (Lipinski definition) is 1. The number of rotatable bonds is 4. The van der Waals surface area contributed by atoms with Gasteiger partial charge in [-0.3, -0.25) is 0 Å². The lowest BCUT2D eigenvalue weighted by molar-refractivity contribution is 0.188. The molecule has 0 saturated heterocycles. The Morgan fingerprint density at radius 1 is 1.67 bits per heavy atom. The maximum atomic E-state index is 5.38. The highest BCUT2D eigenvalue weighted by Crippen LogP contribution is 2.07. The number of aryl methyl sites for hydroxylation is 1. The Balaban J connectivity index is 2.45. The summed E-state index contributed by atoms with van der Waals surface area (Å²) in [6.07, 6.45) is 0.901. The third kappa shape index (κ3) is 2.46. The van der Waals surface area contributed by atoms with Crippen molar-refractivity contribution >= 4 is 21.9 Å². The fourth-order valence-electron chi connectivity index (χ4n) is 0.840. The van der Waals surface area contributed by atoms with Gasteiger partial charge < -0.3 is 10.5 Å². The fraction of sp³-hybridized carbons (Fsp3) is 0.667. The van der Waals surface area contributed by atoms with Crippen molar-refractivity contribution in [3.63, 3.8) is 0 Å². The third-order valence-electron chi connectivity index (χ3n) is 1.36. The van der Waals surface area contributed by atoms with Crippen LogP contribution in [0.15, 0.2) is 4.73 Å². The van der Waals surface area contributed by atoms with Crippen LogP contribution in [0.2, 0.25) is 0 Å². The van der Waals surface area contributed by atoms with Gasteiger partial charge in [-0.1, -0.05) is 0 Å². The highest BCUT2D eigenvalue weighted by molar-refractivity contribution is 9.10. The molecule has 1 aromatic heterocycles. The van der Waals surface area contributed by atoms with Crippen molar-refractivity contribution in [2.24, 2.45) is 0 Å². The Bertz CT molecular complexity index is 250. The van der Waals surface area contributed by atoms with Crippen LogP contribution >= 0.6 is 15.9 Å². The molecule has 2 N–H and O–H groups in total. The zero-order chi connectivity index (χ0) is 8.97. The predicted octanol–water partition coefficient (Wildman–Crippen LogP) is 0.659. The van der Waals surface area contributed by atoms with Gasteiger partial charge in [0.15, 0.2) is 4.73 Å². The third-order valence-corrected chi connectivity index (χ3v) is 1.95. The number of nitrogen functional groups attached to an aromatic ring is 1. The number of nitrogens with two attached hydrogens (primary N) is 1. The zero-order valence-electron chi connectivity index (χ0n) is 6.83. The van der Waals surface area contributed by atoms with E-state index in [1.165, 1.54) is 0 Å². The average molecular weight is 235 g/mol. The highest BCUT2D eigenvalue weighted by atomic mass is 79.9. The van der Waals surface area contributed by atoms with Crippen molar-refractivity contribution < 1.29 is 4.74 Å². The molecule has 0 unspecified atom stereocenters.